The molecule has 3 nitrogen and oxygen atoms in total. The van der Waals surface area contributed by atoms with Crippen molar-refractivity contribution in [3.05, 3.63) is 65.9 Å². The largest absolute Gasteiger partial charge is 0.303 e. The highest BCUT2D eigenvalue weighted by Crippen LogP contribution is 2.70. The number of carbonyl (C=O) groups is 2. The van der Waals surface area contributed by atoms with Crippen LogP contribution in [0.5, 0.6) is 0 Å². The van der Waals surface area contributed by atoms with Gasteiger partial charge in [0.1, 0.15) is 12.1 Å². The van der Waals surface area contributed by atoms with Gasteiger partial charge in [-0.2, -0.15) is 0 Å². The van der Waals surface area contributed by atoms with Crippen LogP contribution in [0.3, 0.4) is 0 Å². The van der Waals surface area contributed by atoms with Crippen molar-refractivity contribution in [3.8, 4) is 11.3 Å². The number of ketones is 1. The minimum Gasteiger partial charge on any atom is -0.303 e. The van der Waals surface area contributed by atoms with E-state index in [9.17, 15) is 9.59 Å². The molecule has 0 saturated heterocycles. The van der Waals surface area contributed by atoms with Gasteiger partial charge in [0.25, 0.3) is 0 Å². The molecule has 2 aromatic carbocycles. The van der Waals surface area contributed by atoms with Crippen LogP contribution in [0, 0.1) is 5.92 Å². The fourth-order valence-electron chi connectivity index (χ4n) is 6.62. The molecule has 0 bridgehead atoms. The number of rotatable bonds is 1. The van der Waals surface area contributed by atoms with Gasteiger partial charge in [0.2, 0.25) is 0 Å². The molecule has 27 heavy (non-hydrogen) atoms. The van der Waals surface area contributed by atoms with Crippen molar-refractivity contribution in [1.82, 2.24) is 4.98 Å². The van der Waals surface area contributed by atoms with Crippen molar-refractivity contribution in [1.29, 1.82) is 0 Å². The highest BCUT2D eigenvalue weighted by molar-refractivity contribution is 5.99. The van der Waals surface area contributed by atoms with Gasteiger partial charge < -0.3 is 4.79 Å². The normalized spacial score (nSPS) is 30.5. The number of Topliss-reactive ketones (excluding diaryl/α,β-unsaturated/α-hetero) is 1. The molecule has 132 valence electrons. The van der Waals surface area contributed by atoms with Gasteiger partial charge >= 0.3 is 0 Å². The molecule has 0 N–H and O–H groups in total. The van der Waals surface area contributed by atoms with Crippen LogP contribution in [-0.4, -0.2) is 17.1 Å². The van der Waals surface area contributed by atoms with Crippen molar-refractivity contribution >= 4 is 22.8 Å². The number of carbonyl (C=O) groups excluding carboxylic acids is 2. The standard InChI is InChI=1S/C24H19NO2/c26-14-16-9-10-23-12-17(27)13-24(16,23)20-6-3-11-25-22(20)19-8-7-15-4-1-2-5-18(15)21(19)23/h1-8,11,14,16H,9-10,12-13H2. The fourth-order valence-corrected chi connectivity index (χ4v) is 6.62. The molecule has 2 saturated carbocycles. The lowest BCUT2D eigenvalue weighted by atomic mass is 9.53. The zero-order valence-corrected chi connectivity index (χ0v) is 14.9. The Bertz CT molecular complexity index is 1150. The van der Waals surface area contributed by atoms with Crippen LogP contribution >= 0.6 is 0 Å². The second-order valence-electron chi connectivity index (χ2n) is 8.34. The molecule has 1 aromatic heterocycles. The van der Waals surface area contributed by atoms with E-state index in [0.717, 1.165) is 35.9 Å². The quantitative estimate of drug-likeness (QED) is 0.611. The van der Waals surface area contributed by atoms with E-state index in [-0.39, 0.29) is 17.1 Å². The van der Waals surface area contributed by atoms with Gasteiger partial charge in [0, 0.05) is 41.3 Å². The Balaban J connectivity index is 1.85. The van der Waals surface area contributed by atoms with E-state index in [1.165, 1.54) is 16.3 Å². The van der Waals surface area contributed by atoms with E-state index >= 15 is 0 Å². The molecule has 3 aliphatic carbocycles. The van der Waals surface area contributed by atoms with Crippen LogP contribution in [-0.2, 0) is 20.4 Å². The number of nitrogens with zero attached hydrogens (tertiary/aromatic N) is 1. The highest BCUT2D eigenvalue weighted by Gasteiger charge is 2.69. The monoisotopic (exact) mass is 353 g/mol. The third-order valence-electron chi connectivity index (χ3n) is 7.46. The smallest absolute Gasteiger partial charge is 0.134 e. The zero-order chi connectivity index (χ0) is 18.2. The molecular formula is C24H19NO2. The Labute approximate surface area is 157 Å². The maximum absolute atomic E-state index is 12.9. The summed E-state index contributed by atoms with van der Waals surface area (Å²) in [6.45, 7) is 0. The van der Waals surface area contributed by atoms with Crippen molar-refractivity contribution in [2.45, 2.75) is 36.5 Å². The number of fused-ring (bicyclic) bond motifs is 5. The lowest BCUT2D eigenvalue weighted by Crippen LogP contribution is -2.48. The summed E-state index contributed by atoms with van der Waals surface area (Å²) in [6.07, 6.45) is 5.64. The van der Waals surface area contributed by atoms with Crippen molar-refractivity contribution in [2.24, 2.45) is 5.92 Å². The molecule has 3 aliphatic rings. The maximum atomic E-state index is 12.9. The van der Waals surface area contributed by atoms with Gasteiger partial charge in [0.05, 0.1) is 5.69 Å². The lowest BCUT2D eigenvalue weighted by Gasteiger charge is -2.48. The Hall–Kier alpha value is -2.81. The Morgan fingerprint density at radius 2 is 1.93 bits per heavy atom. The van der Waals surface area contributed by atoms with Gasteiger partial charge in [-0.25, -0.2) is 0 Å². The van der Waals surface area contributed by atoms with E-state index < -0.39 is 5.41 Å². The second kappa shape index (κ2) is 4.92. The van der Waals surface area contributed by atoms with Crippen molar-refractivity contribution in [2.75, 3.05) is 0 Å². The molecule has 3 unspecified atom stereocenters. The number of aromatic nitrogens is 1. The lowest BCUT2D eigenvalue weighted by molar-refractivity contribution is -0.118. The molecule has 3 aromatic rings. The summed E-state index contributed by atoms with van der Waals surface area (Å²) in [7, 11) is 0. The second-order valence-corrected chi connectivity index (χ2v) is 8.34. The molecular weight excluding hydrogens is 334 g/mol. The Kier molecular flexibility index (Phi) is 2.78. The molecule has 3 atom stereocenters. The van der Waals surface area contributed by atoms with Crippen LogP contribution < -0.4 is 0 Å². The molecule has 0 spiro atoms. The molecule has 0 aliphatic heterocycles. The number of aldehydes is 1. The minimum atomic E-state index is -0.438. The van der Waals surface area contributed by atoms with E-state index in [1.807, 2.05) is 12.3 Å². The maximum Gasteiger partial charge on any atom is 0.134 e. The zero-order valence-electron chi connectivity index (χ0n) is 14.9. The van der Waals surface area contributed by atoms with Crippen molar-refractivity contribution < 1.29 is 9.59 Å². The first-order valence-corrected chi connectivity index (χ1v) is 9.66. The van der Waals surface area contributed by atoms with E-state index in [2.05, 4.69) is 42.5 Å². The number of hydrogen-bond acceptors (Lipinski definition) is 3. The highest BCUT2D eigenvalue weighted by atomic mass is 16.1. The van der Waals surface area contributed by atoms with Crippen LogP contribution in [0.1, 0.15) is 36.8 Å². The van der Waals surface area contributed by atoms with Crippen LogP contribution in [0.4, 0.5) is 0 Å². The molecule has 0 radical (unpaired) electrons. The summed E-state index contributed by atoms with van der Waals surface area (Å²) >= 11 is 0. The average molecular weight is 353 g/mol. The summed E-state index contributed by atoms with van der Waals surface area (Å²) in [5, 5.41) is 2.39. The Morgan fingerprint density at radius 3 is 2.81 bits per heavy atom. The minimum absolute atomic E-state index is 0.126. The third kappa shape index (κ3) is 1.58. The summed E-state index contributed by atoms with van der Waals surface area (Å²) in [5.41, 5.74) is 3.72. The third-order valence-corrected chi connectivity index (χ3v) is 7.46. The topological polar surface area (TPSA) is 47.0 Å². The molecule has 3 heteroatoms. The van der Waals surface area contributed by atoms with Crippen LogP contribution in [0.2, 0.25) is 0 Å². The average Bonchev–Trinajstić information content (AvgIpc) is 3.18. The predicted molar refractivity (Wildman–Crippen MR) is 104 cm³/mol. The summed E-state index contributed by atoms with van der Waals surface area (Å²) in [6, 6.07) is 16.8. The molecule has 1 heterocycles. The fraction of sp³-hybridized carbons (Fsp3) is 0.292. The summed E-state index contributed by atoms with van der Waals surface area (Å²) < 4.78 is 0. The van der Waals surface area contributed by atoms with Gasteiger partial charge in [-0.3, -0.25) is 9.78 Å². The molecule has 6 rings (SSSR count). The Morgan fingerprint density at radius 1 is 1.04 bits per heavy atom. The summed E-state index contributed by atoms with van der Waals surface area (Å²) in [4.78, 5) is 29.8. The first-order chi connectivity index (χ1) is 13.2. The SMILES string of the molecule is O=CC1CCC23CC(=O)CC12c1cccnc1-c1ccc2ccccc2c13. The van der Waals surface area contributed by atoms with Crippen LogP contribution in [0.15, 0.2) is 54.7 Å². The van der Waals surface area contributed by atoms with E-state index in [1.54, 1.807) is 0 Å². The van der Waals surface area contributed by atoms with Gasteiger partial charge in [-0.1, -0.05) is 42.5 Å². The first kappa shape index (κ1) is 15.3. The van der Waals surface area contributed by atoms with E-state index in [0.29, 0.717) is 12.8 Å². The number of hydrogen-bond donors (Lipinski definition) is 0. The van der Waals surface area contributed by atoms with Gasteiger partial charge in [0.15, 0.2) is 0 Å². The number of benzene rings is 2. The predicted octanol–water partition coefficient (Wildman–Crippen LogP) is 4.36. The number of pyridine rings is 1. The summed E-state index contributed by atoms with van der Waals surface area (Å²) in [5.74, 6) is 0.149. The van der Waals surface area contributed by atoms with Crippen molar-refractivity contribution in [3.63, 3.8) is 0 Å². The molecule has 2 fully saturated rings. The first-order valence-electron chi connectivity index (χ1n) is 9.66. The van der Waals surface area contributed by atoms with Crippen LogP contribution in [0.25, 0.3) is 22.0 Å². The van der Waals surface area contributed by atoms with Gasteiger partial charge in [-0.05, 0) is 40.8 Å². The van der Waals surface area contributed by atoms with Gasteiger partial charge in [-0.15, -0.1) is 0 Å². The van der Waals surface area contributed by atoms with E-state index in [4.69, 9.17) is 4.98 Å². The molecule has 0 amide bonds.